The molecule has 2 heterocycles. The highest BCUT2D eigenvalue weighted by Gasteiger charge is 2.38. The van der Waals surface area contributed by atoms with Gasteiger partial charge in [0.05, 0.1) is 7.11 Å². The minimum absolute atomic E-state index is 0.0298. The van der Waals surface area contributed by atoms with E-state index >= 15 is 0 Å². The number of ether oxygens (including phenoxy) is 1. The van der Waals surface area contributed by atoms with Gasteiger partial charge in [-0.25, -0.2) is 4.79 Å². The van der Waals surface area contributed by atoms with Crippen LogP contribution >= 0.6 is 0 Å². The van der Waals surface area contributed by atoms with Gasteiger partial charge in [-0.05, 0) is 70.6 Å². The third kappa shape index (κ3) is 4.32. The number of rotatable bonds is 2. The fraction of sp³-hybridized carbons (Fsp3) is 0.667. The summed E-state index contributed by atoms with van der Waals surface area (Å²) in [5.74, 6) is 0.937. The van der Waals surface area contributed by atoms with Crippen LogP contribution in [0.4, 0.5) is 4.79 Å². The zero-order valence-electron chi connectivity index (χ0n) is 16.8. The predicted octanol–water partition coefficient (Wildman–Crippen LogP) is 3.11. The molecule has 0 aromatic heterocycles. The zero-order chi connectivity index (χ0) is 18.9. The fourth-order valence-electron chi connectivity index (χ4n) is 4.83. The number of methoxy groups -OCH3 is 1. The van der Waals surface area contributed by atoms with E-state index in [1.54, 1.807) is 7.11 Å². The number of benzene rings is 1. The number of carbonyl (C=O) groups excluding carboxylic acids is 1. The number of urea groups is 1. The number of piperidine rings is 1. The molecule has 5 heteroatoms. The molecule has 1 aromatic rings. The van der Waals surface area contributed by atoms with Gasteiger partial charge in [-0.15, -0.1) is 0 Å². The van der Waals surface area contributed by atoms with E-state index in [0.29, 0.717) is 0 Å². The van der Waals surface area contributed by atoms with Crippen molar-refractivity contribution in [3.05, 3.63) is 29.3 Å². The molecule has 3 rings (SSSR count). The molecule has 0 saturated carbocycles. The lowest BCUT2D eigenvalue weighted by molar-refractivity contribution is 0.139. The summed E-state index contributed by atoms with van der Waals surface area (Å²) in [6.45, 7) is 10.3. The molecule has 2 N–H and O–H groups in total. The lowest BCUT2D eigenvalue weighted by atomic mass is 9.80. The Morgan fingerprint density at radius 3 is 2.46 bits per heavy atom. The number of amides is 2. The number of nitrogens with zero attached hydrogens (tertiary/aromatic N) is 1. The van der Waals surface area contributed by atoms with E-state index in [1.165, 1.54) is 11.1 Å². The maximum atomic E-state index is 12.9. The first kappa shape index (κ1) is 19.0. The van der Waals surface area contributed by atoms with Crippen LogP contribution in [0.1, 0.15) is 51.7 Å². The largest absolute Gasteiger partial charge is 0.496 e. The molecule has 0 unspecified atom stereocenters. The average molecular weight is 360 g/mol. The van der Waals surface area contributed by atoms with Gasteiger partial charge in [-0.2, -0.15) is 0 Å². The molecule has 0 bridgehead atoms. The summed E-state index contributed by atoms with van der Waals surface area (Å²) in [4.78, 5) is 14.9. The summed E-state index contributed by atoms with van der Waals surface area (Å²) in [6.07, 6.45) is 3.62. The Morgan fingerprint density at radius 2 is 1.81 bits per heavy atom. The Morgan fingerprint density at radius 1 is 1.15 bits per heavy atom. The molecule has 2 amide bonds. The Kier molecular flexibility index (Phi) is 5.20. The Bertz CT molecular complexity index is 653. The predicted molar refractivity (Wildman–Crippen MR) is 105 cm³/mol. The highest BCUT2D eigenvalue weighted by Crippen LogP contribution is 2.29. The molecule has 2 aliphatic rings. The lowest BCUT2D eigenvalue weighted by Gasteiger charge is -2.46. The van der Waals surface area contributed by atoms with Crippen molar-refractivity contribution in [2.24, 2.45) is 0 Å². The van der Waals surface area contributed by atoms with Gasteiger partial charge in [0, 0.05) is 30.2 Å². The van der Waals surface area contributed by atoms with E-state index in [-0.39, 0.29) is 23.2 Å². The summed E-state index contributed by atoms with van der Waals surface area (Å²) < 4.78 is 5.51. The van der Waals surface area contributed by atoms with Crippen LogP contribution in [0.15, 0.2) is 18.2 Å². The first-order valence-corrected chi connectivity index (χ1v) is 9.69. The molecule has 1 fully saturated rings. The second kappa shape index (κ2) is 7.10. The molecule has 0 radical (unpaired) electrons. The normalized spacial score (nSPS) is 22.3. The van der Waals surface area contributed by atoms with Crippen molar-refractivity contribution >= 4 is 6.03 Å². The first-order chi connectivity index (χ1) is 12.2. The molecule has 0 atom stereocenters. The highest BCUT2D eigenvalue weighted by atomic mass is 16.5. The third-order valence-corrected chi connectivity index (χ3v) is 5.54. The lowest BCUT2D eigenvalue weighted by Crippen LogP contribution is -2.63. The van der Waals surface area contributed by atoms with Crippen LogP contribution in [0.25, 0.3) is 0 Å². The Labute approximate surface area is 157 Å². The van der Waals surface area contributed by atoms with Crippen molar-refractivity contribution in [2.45, 2.75) is 70.5 Å². The molecule has 1 saturated heterocycles. The number of fused-ring (bicyclic) bond motifs is 1. The molecule has 5 nitrogen and oxygen atoms in total. The summed E-state index contributed by atoms with van der Waals surface area (Å²) >= 11 is 0. The van der Waals surface area contributed by atoms with Crippen molar-refractivity contribution in [3.8, 4) is 5.75 Å². The van der Waals surface area contributed by atoms with Gasteiger partial charge in [0.25, 0.3) is 0 Å². The monoisotopic (exact) mass is 359 g/mol. The Hall–Kier alpha value is -1.75. The molecular weight excluding hydrogens is 326 g/mol. The topological polar surface area (TPSA) is 53.6 Å². The summed E-state index contributed by atoms with van der Waals surface area (Å²) in [7, 11) is 1.71. The molecule has 0 spiro atoms. The van der Waals surface area contributed by atoms with Crippen LogP contribution in [-0.2, 0) is 12.8 Å². The minimum Gasteiger partial charge on any atom is -0.496 e. The maximum absolute atomic E-state index is 12.9. The smallest absolute Gasteiger partial charge is 0.317 e. The van der Waals surface area contributed by atoms with Crippen molar-refractivity contribution in [3.63, 3.8) is 0 Å². The fourth-order valence-corrected chi connectivity index (χ4v) is 4.83. The summed E-state index contributed by atoms with van der Waals surface area (Å²) in [6, 6.07) is 6.46. The third-order valence-electron chi connectivity index (χ3n) is 5.54. The van der Waals surface area contributed by atoms with Gasteiger partial charge in [-0.3, -0.25) is 0 Å². The van der Waals surface area contributed by atoms with E-state index in [0.717, 1.165) is 44.5 Å². The average Bonchev–Trinajstić information content (AvgIpc) is 2.74. The first-order valence-electron chi connectivity index (χ1n) is 9.69. The molecule has 0 aliphatic carbocycles. The number of hydrogen-bond donors (Lipinski definition) is 2. The second-order valence-electron chi connectivity index (χ2n) is 9.03. The maximum Gasteiger partial charge on any atom is 0.317 e. The number of nitrogens with one attached hydrogen (secondary N) is 2. The van der Waals surface area contributed by atoms with Crippen LogP contribution < -0.4 is 15.4 Å². The van der Waals surface area contributed by atoms with Gasteiger partial charge >= 0.3 is 6.03 Å². The van der Waals surface area contributed by atoms with E-state index in [1.807, 2.05) is 17.0 Å². The van der Waals surface area contributed by atoms with E-state index in [2.05, 4.69) is 44.4 Å². The zero-order valence-corrected chi connectivity index (χ0v) is 16.8. The van der Waals surface area contributed by atoms with Crippen molar-refractivity contribution in [2.75, 3.05) is 20.2 Å². The summed E-state index contributed by atoms with van der Waals surface area (Å²) in [5.41, 5.74) is 2.60. The molecule has 144 valence electrons. The van der Waals surface area contributed by atoms with E-state index in [9.17, 15) is 4.79 Å². The summed E-state index contributed by atoms with van der Waals surface area (Å²) in [5, 5.41) is 6.97. The van der Waals surface area contributed by atoms with Crippen LogP contribution in [0.3, 0.4) is 0 Å². The molecular formula is C21H33N3O2. The van der Waals surface area contributed by atoms with E-state index < -0.39 is 0 Å². The van der Waals surface area contributed by atoms with Crippen LogP contribution in [-0.4, -0.2) is 48.3 Å². The van der Waals surface area contributed by atoms with Gasteiger partial charge in [0.2, 0.25) is 0 Å². The number of hydrogen-bond acceptors (Lipinski definition) is 3. The van der Waals surface area contributed by atoms with Crippen LogP contribution in [0.5, 0.6) is 5.75 Å². The second-order valence-corrected chi connectivity index (χ2v) is 9.03. The van der Waals surface area contributed by atoms with Gasteiger partial charge in [0.1, 0.15) is 5.75 Å². The standard InChI is InChI=1S/C21H33N3O2/c1-20(2)13-16(14-21(3,4)23-20)22-19(25)24-11-9-15-7-6-8-18(26-5)17(15)10-12-24/h6-8,16,23H,9-14H2,1-5H3,(H,22,25). The van der Waals surface area contributed by atoms with Gasteiger partial charge in [0.15, 0.2) is 0 Å². The SMILES string of the molecule is COc1cccc2c1CCN(C(=O)NC1CC(C)(C)NC(C)(C)C1)CC2. The highest BCUT2D eigenvalue weighted by molar-refractivity contribution is 5.74. The molecule has 1 aromatic carbocycles. The number of carbonyl (C=O) groups is 1. The van der Waals surface area contributed by atoms with Crippen LogP contribution in [0.2, 0.25) is 0 Å². The molecule has 2 aliphatic heterocycles. The van der Waals surface area contributed by atoms with E-state index in [4.69, 9.17) is 4.74 Å². The van der Waals surface area contributed by atoms with Crippen LogP contribution in [0, 0.1) is 0 Å². The van der Waals surface area contributed by atoms with Gasteiger partial charge in [-0.1, -0.05) is 12.1 Å². The quantitative estimate of drug-likeness (QED) is 0.853. The van der Waals surface area contributed by atoms with Crippen molar-refractivity contribution in [1.29, 1.82) is 0 Å². The van der Waals surface area contributed by atoms with Crippen molar-refractivity contribution < 1.29 is 9.53 Å². The molecule has 26 heavy (non-hydrogen) atoms. The van der Waals surface area contributed by atoms with Gasteiger partial charge < -0.3 is 20.3 Å². The Balaban J connectivity index is 1.65. The minimum atomic E-state index is 0.0298. The van der Waals surface area contributed by atoms with Crippen molar-refractivity contribution in [1.82, 2.24) is 15.5 Å².